The number of rotatable bonds is 10. The predicted octanol–water partition coefficient (Wildman–Crippen LogP) is 7.41. The van der Waals surface area contributed by atoms with E-state index in [-0.39, 0.29) is 5.41 Å². The van der Waals surface area contributed by atoms with Crippen LogP contribution in [-0.4, -0.2) is 32.9 Å². The zero-order valence-corrected chi connectivity index (χ0v) is 23.2. The Labute approximate surface area is 232 Å². The molecule has 4 rings (SSSR count). The second-order valence-electron chi connectivity index (χ2n) is 11.0. The van der Waals surface area contributed by atoms with Gasteiger partial charge in [0.2, 0.25) is 0 Å². The van der Waals surface area contributed by atoms with E-state index in [9.17, 15) is 14.0 Å². The summed E-state index contributed by atoms with van der Waals surface area (Å²) in [6.07, 6.45) is 8.66. The number of anilines is 2. The van der Waals surface area contributed by atoms with Crippen LogP contribution >= 0.6 is 11.6 Å². The van der Waals surface area contributed by atoms with E-state index in [0.29, 0.717) is 63.5 Å². The van der Waals surface area contributed by atoms with E-state index in [4.69, 9.17) is 11.6 Å². The Bertz CT molecular complexity index is 1470. The van der Waals surface area contributed by atoms with Crippen molar-refractivity contribution in [3.8, 4) is 6.07 Å². The van der Waals surface area contributed by atoms with Crippen LogP contribution in [-0.2, 0) is 5.54 Å². The molecule has 1 fully saturated rings. The highest BCUT2D eigenvalue weighted by Crippen LogP contribution is 2.48. The van der Waals surface area contributed by atoms with Crippen molar-refractivity contribution < 1.29 is 8.78 Å². The summed E-state index contributed by atoms with van der Waals surface area (Å²) in [6, 6.07) is 5.22. The van der Waals surface area contributed by atoms with Crippen molar-refractivity contribution in [1.82, 2.24) is 20.0 Å². The highest BCUT2D eigenvalue weighted by molar-refractivity contribution is 6.35. The maximum absolute atomic E-state index is 13.7. The van der Waals surface area contributed by atoms with Crippen LogP contribution in [0.3, 0.4) is 0 Å². The maximum Gasteiger partial charge on any atom is 0.263 e. The number of nitrogens with one attached hydrogen (secondary N) is 2. The lowest BCUT2D eigenvalue weighted by Gasteiger charge is -2.22. The molecule has 1 atom stereocenters. The molecule has 2 heterocycles. The quantitative estimate of drug-likeness (QED) is 0.255. The number of allylic oxidation sites excluding steroid dienone is 3. The molecule has 0 spiro atoms. The number of fused-ring (bicyclic) bond motifs is 1. The first-order valence-corrected chi connectivity index (χ1v) is 13.1. The normalized spacial score (nSPS) is 15.7. The lowest BCUT2D eigenvalue weighted by atomic mass is 9.96. The number of nitrogens with zero attached hydrogens (tertiary/aromatic N) is 5. The van der Waals surface area contributed by atoms with Gasteiger partial charge in [-0.05, 0) is 42.9 Å². The molecule has 0 saturated heterocycles. The van der Waals surface area contributed by atoms with Crippen LogP contribution in [0, 0.1) is 16.7 Å². The van der Waals surface area contributed by atoms with Crippen LogP contribution in [0.4, 0.5) is 20.2 Å². The van der Waals surface area contributed by atoms with Crippen molar-refractivity contribution in [2.45, 2.75) is 58.5 Å². The van der Waals surface area contributed by atoms with Gasteiger partial charge in [-0.25, -0.2) is 13.5 Å². The molecule has 10 heteroatoms. The van der Waals surface area contributed by atoms with E-state index in [2.05, 4.69) is 59.3 Å². The molecule has 1 aliphatic rings. The highest BCUT2D eigenvalue weighted by Gasteiger charge is 2.54. The molecule has 0 aliphatic heterocycles. The van der Waals surface area contributed by atoms with Gasteiger partial charge in [0.1, 0.15) is 17.3 Å². The van der Waals surface area contributed by atoms with Gasteiger partial charge >= 0.3 is 0 Å². The molecule has 204 valence electrons. The molecule has 1 aliphatic carbocycles. The largest absolute Gasteiger partial charge is 0.383 e. The summed E-state index contributed by atoms with van der Waals surface area (Å²) in [6.45, 7) is 13.0. The Kier molecular flexibility index (Phi) is 8.07. The number of benzene rings is 1. The van der Waals surface area contributed by atoms with Crippen LogP contribution in [0.1, 0.15) is 57.8 Å². The number of halogens is 3. The molecule has 0 bridgehead atoms. The van der Waals surface area contributed by atoms with E-state index in [0.717, 1.165) is 0 Å². The Balaban J connectivity index is 1.76. The summed E-state index contributed by atoms with van der Waals surface area (Å²) in [5.41, 5.74) is 1.99. The van der Waals surface area contributed by atoms with Crippen molar-refractivity contribution in [1.29, 1.82) is 5.26 Å². The summed E-state index contributed by atoms with van der Waals surface area (Å²) in [5, 5.41) is 25.9. The van der Waals surface area contributed by atoms with Gasteiger partial charge in [0, 0.05) is 23.8 Å². The van der Waals surface area contributed by atoms with Crippen molar-refractivity contribution in [2.24, 2.45) is 5.41 Å². The lowest BCUT2D eigenvalue weighted by molar-refractivity contribution is 0.0593. The molecule has 39 heavy (non-hydrogen) atoms. The second kappa shape index (κ2) is 11.1. The fraction of sp³-hybridized carbons (Fsp3) is 0.379. The van der Waals surface area contributed by atoms with Crippen molar-refractivity contribution in [3.63, 3.8) is 0 Å². The van der Waals surface area contributed by atoms with Crippen molar-refractivity contribution >= 4 is 33.9 Å². The third-order valence-corrected chi connectivity index (χ3v) is 6.86. The minimum absolute atomic E-state index is 0.0347. The number of pyridine rings is 1. The van der Waals surface area contributed by atoms with E-state index < -0.39 is 18.0 Å². The average molecular weight is 552 g/mol. The molecule has 0 amide bonds. The number of hydrogen-bond acceptors (Lipinski definition) is 6. The van der Waals surface area contributed by atoms with Gasteiger partial charge in [-0.3, -0.25) is 4.98 Å². The second-order valence-corrected chi connectivity index (χ2v) is 11.4. The Morgan fingerprint density at radius 3 is 2.67 bits per heavy atom. The highest BCUT2D eigenvalue weighted by atomic mass is 35.5. The average Bonchev–Trinajstić information content (AvgIpc) is 3.56. The molecular weight excluding hydrogens is 520 g/mol. The summed E-state index contributed by atoms with van der Waals surface area (Å²) in [7, 11) is 0. The lowest BCUT2D eigenvalue weighted by Crippen LogP contribution is -2.26. The SMILES string of the molecule is C=C(/C=C\C=C/C)[C@H](Nc1cc(Cl)c2ncc(C#N)c(NCC(C)(C)C)c2c1)c1cn(C2(C(F)F)CC2)nn1. The minimum atomic E-state index is -2.53. The van der Waals surface area contributed by atoms with Crippen LogP contribution in [0.15, 0.2) is 61.0 Å². The van der Waals surface area contributed by atoms with Gasteiger partial charge in [-0.2, -0.15) is 5.26 Å². The van der Waals surface area contributed by atoms with Crippen molar-refractivity contribution in [2.75, 3.05) is 17.2 Å². The van der Waals surface area contributed by atoms with E-state index in [1.54, 1.807) is 12.3 Å². The van der Waals surface area contributed by atoms with Crippen LogP contribution in [0.25, 0.3) is 10.9 Å². The van der Waals surface area contributed by atoms with Crippen LogP contribution in [0.2, 0.25) is 5.02 Å². The topological polar surface area (TPSA) is 91.5 Å². The third kappa shape index (κ3) is 6.12. The van der Waals surface area contributed by atoms with Gasteiger partial charge in [-0.15, -0.1) is 5.10 Å². The fourth-order valence-corrected chi connectivity index (χ4v) is 4.45. The Hall–Kier alpha value is -3.77. The molecule has 0 radical (unpaired) electrons. The first kappa shape index (κ1) is 28.2. The zero-order chi connectivity index (χ0) is 28.4. The van der Waals surface area contributed by atoms with Gasteiger partial charge in [0.05, 0.1) is 34.0 Å². The Morgan fingerprint density at radius 1 is 1.31 bits per heavy atom. The zero-order valence-electron chi connectivity index (χ0n) is 22.5. The minimum Gasteiger partial charge on any atom is -0.383 e. The molecule has 7 nitrogen and oxygen atoms in total. The van der Waals surface area contributed by atoms with Crippen LogP contribution < -0.4 is 10.6 Å². The predicted molar refractivity (Wildman–Crippen MR) is 152 cm³/mol. The van der Waals surface area contributed by atoms with Gasteiger partial charge in [0.15, 0.2) is 0 Å². The monoisotopic (exact) mass is 551 g/mol. The molecule has 3 aromatic rings. The molecule has 1 aromatic carbocycles. The van der Waals surface area contributed by atoms with E-state index in [1.165, 1.54) is 10.9 Å². The summed E-state index contributed by atoms with van der Waals surface area (Å²) >= 11 is 6.66. The summed E-state index contributed by atoms with van der Waals surface area (Å²) in [4.78, 5) is 4.42. The van der Waals surface area contributed by atoms with Gasteiger partial charge < -0.3 is 10.6 Å². The first-order chi connectivity index (χ1) is 18.5. The van der Waals surface area contributed by atoms with E-state index >= 15 is 0 Å². The number of aromatic nitrogens is 4. The molecule has 2 aromatic heterocycles. The smallest absolute Gasteiger partial charge is 0.263 e. The van der Waals surface area contributed by atoms with E-state index in [1.807, 2.05) is 37.3 Å². The molecular formula is C29H32ClF2N7. The molecule has 1 saturated carbocycles. The van der Waals surface area contributed by atoms with Crippen molar-refractivity contribution in [3.05, 3.63) is 77.3 Å². The van der Waals surface area contributed by atoms with Crippen LogP contribution in [0.5, 0.6) is 0 Å². The summed E-state index contributed by atoms with van der Waals surface area (Å²) in [5.74, 6) is 0. The van der Waals surface area contributed by atoms with Gasteiger partial charge in [-0.1, -0.05) is 68.5 Å². The number of hydrogen-bond donors (Lipinski definition) is 2. The fourth-order valence-electron chi connectivity index (χ4n) is 4.18. The Morgan fingerprint density at radius 2 is 2.05 bits per heavy atom. The summed E-state index contributed by atoms with van der Waals surface area (Å²) < 4.78 is 28.7. The third-order valence-electron chi connectivity index (χ3n) is 6.57. The molecule has 2 N–H and O–H groups in total. The number of nitriles is 1. The maximum atomic E-state index is 13.7. The first-order valence-electron chi connectivity index (χ1n) is 12.7. The standard InChI is InChI=1S/C29H32ClF2N7/c1-6-7-8-9-18(2)24(23-16-39(38-37-23)29(10-11-29)27(31)32)36-20-12-21-25(35-17-28(3,4)5)19(14-33)15-34-26(21)22(30)13-20/h6-9,12-13,15-16,24,27,36H,2,10-11,17H2,1,3-5H3,(H,34,35)/b7-6-,9-8-/t24-/m0/s1. The molecule has 0 unspecified atom stereocenters. The number of alkyl halides is 2. The van der Waals surface area contributed by atoms with Gasteiger partial charge in [0.25, 0.3) is 6.43 Å².